The highest BCUT2D eigenvalue weighted by molar-refractivity contribution is 5.96. The van der Waals surface area contributed by atoms with Crippen LogP contribution >= 0.6 is 0 Å². The number of carbonyl (C=O) groups is 1. The monoisotopic (exact) mass is 209 g/mol. The zero-order valence-corrected chi connectivity index (χ0v) is 8.23. The minimum atomic E-state index is -0.476. The van der Waals surface area contributed by atoms with E-state index in [0.29, 0.717) is 6.42 Å². The minimum absolute atomic E-state index is 0.0496. The molecule has 1 unspecified atom stereocenters. The summed E-state index contributed by atoms with van der Waals surface area (Å²) in [5, 5.41) is 17.7. The predicted octanol–water partition coefficient (Wildman–Crippen LogP) is 0.0739. The number of rotatable bonds is 4. The van der Waals surface area contributed by atoms with E-state index in [1.165, 1.54) is 0 Å². The molecule has 0 fully saturated rings. The molecule has 0 aromatic carbocycles. The molecular formula is C8H11N5O2. The van der Waals surface area contributed by atoms with Gasteiger partial charge in [0.15, 0.2) is 0 Å². The lowest BCUT2D eigenvalue weighted by atomic mass is 10.1. The molecule has 0 saturated heterocycles. The summed E-state index contributed by atoms with van der Waals surface area (Å²) in [5.41, 5.74) is 5.29. The molecule has 1 rings (SSSR count). The molecule has 1 amide bonds. The fraction of sp³-hybridized carbons (Fsp3) is 0.500. The Hall–Kier alpha value is -2.10. The Morgan fingerprint density at radius 1 is 1.73 bits per heavy atom. The number of hydrogen-bond donors (Lipinski definition) is 2. The van der Waals surface area contributed by atoms with Gasteiger partial charge in [0.1, 0.15) is 0 Å². The summed E-state index contributed by atoms with van der Waals surface area (Å²) >= 11 is 0. The largest absolute Gasteiger partial charge is 0.379 e. The fourth-order valence-corrected chi connectivity index (χ4v) is 1.01. The molecule has 0 aliphatic carbocycles. The van der Waals surface area contributed by atoms with Crippen LogP contribution in [0.25, 0.3) is 0 Å². The molecule has 15 heavy (non-hydrogen) atoms. The lowest BCUT2D eigenvalue weighted by molar-refractivity contribution is 0.0927. The van der Waals surface area contributed by atoms with E-state index in [2.05, 4.69) is 20.3 Å². The molecule has 0 saturated carbocycles. The van der Waals surface area contributed by atoms with Gasteiger partial charge in [-0.15, -0.1) is 0 Å². The van der Waals surface area contributed by atoms with Gasteiger partial charge in [0.2, 0.25) is 11.5 Å². The van der Waals surface area contributed by atoms with Crippen LogP contribution in [0.2, 0.25) is 0 Å². The van der Waals surface area contributed by atoms with Gasteiger partial charge in [-0.3, -0.25) is 4.79 Å². The first kappa shape index (κ1) is 11.0. The first-order chi connectivity index (χ1) is 7.19. The predicted molar refractivity (Wildman–Crippen MR) is 50.5 cm³/mol. The molecule has 0 bridgehead atoms. The number of anilines is 1. The second-order valence-corrected chi connectivity index (χ2v) is 2.94. The summed E-state index contributed by atoms with van der Waals surface area (Å²) in [5.74, 6) is -0.532. The van der Waals surface area contributed by atoms with Gasteiger partial charge in [-0.05, 0) is 16.7 Å². The van der Waals surface area contributed by atoms with E-state index in [0.717, 1.165) is 0 Å². The second-order valence-electron chi connectivity index (χ2n) is 2.94. The van der Waals surface area contributed by atoms with Crippen LogP contribution in [0.1, 0.15) is 30.3 Å². The van der Waals surface area contributed by atoms with E-state index < -0.39 is 5.91 Å². The first-order valence-corrected chi connectivity index (χ1v) is 4.44. The van der Waals surface area contributed by atoms with Crippen LogP contribution in [-0.4, -0.2) is 22.3 Å². The second kappa shape index (κ2) is 4.95. The number of nitrogens with zero attached hydrogens (tertiary/aromatic N) is 3. The van der Waals surface area contributed by atoms with Crippen molar-refractivity contribution < 1.29 is 9.42 Å². The van der Waals surface area contributed by atoms with Gasteiger partial charge in [-0.1, -0.05) is 6.92 Å². The van der Waals surface area contributed by atoms with Crippen molar-refractivity contribution in [2.45, 2.75) is 25.8 Å². The fourth-order valence-electron chi connectivity index (χ4n) is 1.01. The molecule has 1 atom stereocenters. The van der Waals surface area contributed by atoms with E-state index in [1.807, 2.05) is 13.0 Å². The SMILES string of the molecule is CCC(CC#N)NC(=O)c1nonc1N. The van der Waals surface area contributed by atoms with Gasteiger partial charge < -0.3 is 11.1 Å². The zero-order chi connectivity index (χ0) is 11.3. The van der Waals surface area contributed by atoms with Gasteiger partial charge in [-0.25, -0.2) is 4.63 Å². The topological polar surface area (TPSA) is 118 Å². The first-order valence-electron chi connectivity index (χ1n) is 4.44. The summed E-state index contributed by atoms with van der Waals surface area (Å²) in [6.45, 7) is 1.87. The van der Waals surface area contributed by atoms with E-state index in [1.54, 1.807) is 0 Å². The molecule has 0 aliphatic rings. The number of hydrogen-bond acceptors (Lipinski definition) is 6. The number of nitrogen functional groups attached to an aromatic ring is 1. The Morgan fingerprint density at radius 3 is 2.93 bits per heavy atom. The molecular weight excluding hydrogens is 198 g/mol. The number of nitrogens with one attached hydrogen (secondary N) is 1. The van der Waals surface area contributed by atoms with Gasteiger partial charge in [0.05, 0.1) is 12.5 Å². The van der Waals surface area contributed by atoms with Crippen LogP contribution in [0.4, 0.5) is 5.82 Å². The van der Waals surface area contributed by atoms with Gasteiger partial charge >= 0.3 is 0 Å². The molecule has 80 valence electrons. The van der Waals surface area contributed by atoms with Gasteiger partial charge in [0, 0.05) is 6.04 Å². The summed E-state index contributed by atoms with van der Waals surface area (Å²) < 4.78 is 4.29. The van der Waals surface area contributed by atoms with Crippen molar-refractivity contribution >= 4 is 11.7 Å². The third-order valence-corrected chi connectivity index (χ3v) is 1.89. The molecule has 3 N–H and O–H groups in total. The van der Waals surface area contributed by atoms with Crippen molar-refractivity contribution in [3.05, 3.63) is 5.69 Å². The molecule has 0 spiro atoms. The minimum Gasteiger partial charge on any atom is -0.379 e. The lowest BCUT2D eigenvalue weighted by Gasteiger charge is -2.11. The normalized spacial score (nSPS) is 11.7. The van der Waals surface area contributed by atoms with E-state index in [9.17, 15) is 4.79 Å². The number of carbonyl (C=O) groups excluding carboxylic acids is 1. The number of nitriles is 1. The van der Waals surface area contributed by atoms with E-state index in [4.69, 9.17) is 11.0 Å². The molecule has 7 nitrogen and oxygen atoms in total. The Balaban J connectivity index is 2.63. The van der Waals surface area contributed by atoms with Gasteiger partial charge in [-0.2, -0.15) is 5.26 Å². The van der Waals surface area contributed by atoms with Crippen molar-refractivity contribution in [2.75, 3.05) is 5.73 Å². The zero-order valence-electron chi connectivity index (χ0n) is 8.23. The number of nitrogens with two attached hydrogens (primary N) is 1. The van der Waals surface area contributed by atoms with E-state index in [-0.39, 0.29) is 24.0 Å². The third kappa shape index (κ3) is 2.67. The van der Waals surface area contributed by atoms with Crippen LogP contribution in [0.3, 0.4) is 0 Å². The maximum atomic E-state index is 11.5. The summed E-state index contributed by atoms with van der Waals surface area (Å²) in [6.07, 6.45) is 0.901. The number of amides is 1. The van der Waals surface area contributed by atoms with Crippen LogP contribution in [0.5, 0.6) is 0 Å². The lowest BCUT2D eigenvalue weighted by Crippen LogP contribution is -2.34. The summed E-state index contributed by atoms with van der Waals surface area (Å²) in [7, 11) is 0. The smallest absolute Gasteiger partial charge is 0.277 e. The van der Waals surface area contributed by atoms with Crippen LogP contribution < -0.4 is 11.1 Å². The van der Waals surface area contributed by atoms with Crippen LogP contribution in [0, 0.1) is 11.3 Å². The molecule has 1 heterocycles. The Morgan fingerprint density at radius 2 is 2.47 bits per heavy atom. The average Bonchev–Trinajstić information content (AvgIpc) is 2.63. The molecule has 1 aromatic heterocycles. The highest BCUT2D eigenvalue weighted by Crippen LogP contribution is 2.05. The maximum Gasteiger partial charge on any atom is 0.277 e. The van der Waals surface area contributed by atoms with Crippen molar-refractivity contribution in [2.24, 2.45) is 0 Å². The standard InChI is InChI=1S/C8H11N5O2/c1-2-5(3-4-9)11-8(14)6-7(10)13-15-12-6/h5H,2-3H2,1H3,(H2,10,13)(H,11,14). The quantitative estimate of drug-likeness (QED) is 0.724. The van der Waals surface area contributed by atoms with Crippen molar-refractivity contribution in [1.29, 1.82) is 5.26 Å². The molecule has 0 radical (unpaired) electrons. The van der Waals surface area contributed by atoms with Crippen molar-refractivity contribution in [1.82, 2.24) is 15.6 Å². The van der Waals surface area contributed by atoms with Crippen molar-refractivity contribution in [3.8, 4) is 6.07 Å². The molecule has 1 aromatic rings. The van der Waals surface area contributed by atoms with Crippen molar-refractivity contribution in [3.63, 3.8) is 0 Å². The third-order valence-electron chi connectivity index (χ3n) is 1.89. The number of aromatic nitrogens is 2. The van der Waals surface area contributed by atoms with Crippen LogP contribution in [0.15, 0.2) is 4.63 Å². The molecule has 0 aliphatic heterocycles. The highest BCUT2D eigenvalue weighted by Gasteiger charge is 2.18. The highest BCUT2D eigenvalue weighted by atomic mass is 16.6. The van der Waals surface area contributed by atoms with Gasteiger partial charge in [0.25, 0.3) is 5.91 Å². The Kier molecular flexibility index (Phi) is 3.62. The Labute approximate surface area is 86.2 Å². The maximum absolute atomic E-state index is 11.5. The van der Waals surface area contributed by atoms with Crippen LogP contribution in [-0.2, 0) is 0 Å². The molecule has 7 heteroatoms. The summed E-state index contributed by atoms with van der Waals surface area (Å²) in [6, 6.07) is 1.77. The average molecular weight is 209 g/mol. The van der Waals surface area contributed by atoms with E-state index >= 15 is 0 Å². The summed E-state index contributed by atoms with van der Waals surface area (Å²) in [4.78, 5) is 11.5. The Bertz CT molecular complexity index is 381.